The number of carbonyl (C=O) groups is 1. The number of carboxylic acids is 1. The number of aryl methyl sites for hydroxylation is 1. The van der Waals surface area contributed by atoms with E-state index < -0.39 is 11.6 Å². The summed E-state index contributed by atoms with van der Waals surface area (Å²) >= 11 is 0. The van der Waals surface area contributed by atoms with Crippen molar-refractivity contribution in [2.24, 2.45) is 29.3 Å². The molecule has 0 radical (unpaired) electrons. The number of rotatable bonds is 9. The highest BCUT2D eigenvalue weighted by Gasteiger charge is 2.47. The Hall–Kier alpha value is -3.44. The molecule has 11 nitrogen and oxygen atoms in total. The van der Waals surface area contributed by atoms with Crippen LogP contribution < -0.4 is 21.1 Å². The van der Waals surface area contributed by atoms with Gasteiger partial charge in [-0.25, -0.2) is 15.8 Å². The third kappa shape index (κ3) is 5.94. The Balaban J connectivity index is 1.46. The number of hydrogen-bond donors (Lipinski definition) is 4. The molecule has 37 heavy (non-hydrogen) atoms. The van der Waals surface area contributed by atoms with Crippen molar-refractivity contribution in [3.8, 4) is 11.8 Å². The largest absolute Gasteiger partial charge is 0.489 e. The highest BCUT2D eigenvalue weighted by molar-refractivity contribution is 5.71. The van der Waals surface area contributed by atoms with E-state index in [-0.39, 0.29) is 30.6 Å². The number of aromatic nitrogens is 3. The van der Waals surface area contributed by atoms with Crippen LogP contribution in [0.2, 0.25) is 0 Å². The van der Waals surface area contributed by atoms with E-state index in [0.29, 0.717) is 40.1 Å². The first-order valence-electron chi connectivity index (χ1n) is 12.5. The van der Waals surface area contributed by atoms with Gasteiger partial charge in [0.05, 0.1) is 40.5 Å². The molecule has 2 aromatic rings. The predicted octanol–water partition coefficient (Wildman–Crippen LogP) is 2.19. The second-order valence-electron chi connectivity index (χ2n) is 10.5. The second kappa shape index (κ2) is 10.5. The highest BCUT2D eigenvalue weighted by atomic mass is 16.5. The fourth-order valence-electron chi connectivity index (χ4n) is 5.34. The molecule has 6 N–H and O–H groups in total. The standard InChI is InChI=1S/C26H36N6O5/c1-14-21(37-16-11-15-5-6-17(24(33)34)18(15)12-16)8-7-19(30-14)23(27)20(32(4)28)13-36-25-29-10-9-22(31-25)26(2,3)35/h7-10,15-18,35H,5-6,11-13,27-28H2,1-4H3,(H,33,34)/b23-20-. The number of nitrogens with zero attached hydrogens (tertiary/aromatic N) is 4. The first-order valence-corrected chi connectivity index (χ1v) is 12.5. The fraction of sp³-hybridized carbons (Fsp3) is 0.538. The molecule has 0 spiro atoms. The number of hydrazine groups is 1. The maximum absolute atomic E-state index is 11.5. The SMILES string of the molecule is Cc1nc(/C(N)=C(\COc2nccc(C(C)(C)O)n2)N(C)N)ccc1OC1CC2CCC(C(=O)O)C2C1. The van der Waals surface area contributed by atoms with Crippen LogP contribution in [0, 0.1) is 24.7 Å². The average Bonchev–Trinajstić information content (AvgIpc) is 3.40. The number of aliphatic carboxylic acids is 1. The zero-order chi connectivity index (χ0) is 26.9. The monoisotopic (exact) mass is 512 g/mol. The van der Waals surface area contributed by atoms with E-state index in [1.807, 2.05) is 13.0 Å². The van der Waals surface area contributed by atoms with Gasteiger partial charge in [-0.15, -0.1) is 0 Å². The van der Waals surface area contributed by atoms with Crippen LogP contribution in [0.5, 0.6) is 11.8 Å². The molecule has 2 aliphatic rings. The van der Waals surface area contributed by atoms with Gasteiger partial charge in [0.15, 0.2) is 0 Å². The lowest BCUT2D eigenvalue weighted by molar-refractivity contribution is -0.143. The molecule has 2 heterocycles. The second-order valence-corrected chi connectivity index (χ2v) is 10.5. The minimum absolute atomic E-state index is 0.0112. The van der Waals surface area contributed by atoms with Gasteiger partial charge in [0.1, 0.15) is 18.0 Å². The van der Waals surface area contributed by atoms with Gasteiger partial charge in [-0.1, -0.05) is 0 Å². The minimum atomic E-state index is -1.13. The lowest BCUT2D eigenvalue weighted by atomic mass is 9.92. The normalized spacial score (nSPS) is 23.8. The number of aliphatic hydroxyl groups is 1. The van der Waals surface area contributed by atoms with Gasteiger partial charge < -0.3 is 30.4 Å². The van der Waals surface area contributed by atoms with Crippen LogP contribution in [0.15, 0.2) is 30.1 Å². The molecule has 200 valence electrons. The molecule has 2 aliphatic carbocycles. The molecule has 11 heteroatoms. The Morgan fingerprint density at radius 1 is 1.22 bits per heavy atom. The van der Waals surface area contributed by atoms with Crippen molar-refractivity contribution >= 4 is 11.7 Å². The number of nitrogens with two attached hydrogens (primary N) is 2. The molecule has 0 aromatic carbocycles. The molecule has 2 saturated carbocycles. The number of likely N-dealkylation sites (N-methyl/N-ethyl adjacent to an activating group) is 1. The molecule has 0 aliphatic heterocycles. The van der Waals surface area contributed by atoms with Crippen LogP contribution in [-0.2, 0) is 10.4 Å². The van der Waals surface area contributed by atoms with Gasteiger partial charge in [-0.05, 0) is 76.5 Å². The molecular weight excluding hydrogens is 476 g/mol. The summed E-state index contributed by atoms with van der Waals surface area (Å²) in [6.07, 6.45) is 4.82. The molecule has 2 fully saturated rings. The van der Waals surface area contributed by atoms with E-state index in [4.69, 9.17) is 21.1 Å². The third-order valence-corrected chi connectivity index (χ3v) is 7.33. The van der Waals surface area contributed by atoms with Crippen LogP contribution in [-0.4, -0.2) is 55.9 Å². The first-order chi connectivity index (χ1) is 17.4. The van der Waals surface area contributed by atoms with Crippen LogP contribution in [0.4, 0.5) is 0 Å². The number of hydrogen-bond acceptors (Lipinski definition) is 10. The highest BCUT2D eigenvalue weighted by Crippen LogP contribution is 2.48. The van der Waals surface area contributed by atoms with Crippen molar-refractivity contribution in [1.82, 2.24) is 20.0 Å². The van der Waals surface area contributed by atoms with Crippen molar-refractivity contribution in [2.75, 3.05) is 13.7 Å². The van der Waals surface area contributed by atoms with Gasteiger partial charge >= 0.3 is 12.0 Å². The van der Waals surface area contributed by atoms with Crippen LogP contribution in [0.3, 0.4) is 0 Å². The van der Waals surface area contributed by atoms with E-state index in [0.717, 1.165) is 25.7 Å². The summed E-state index contributed by atoms with van der Waals surface area (Å²) in [5, 5.41) is 21.0. The van der Waals surface area contributed by atoms with Gasteiger partial charge in [0.2, 0.25) is 0 Å². The summed E-state index contributed by atoms with van der Waals surface area (Å²) < 4.78 is 12.0. The van der Waals surface area contributed by atoms with Crippen LogP contribution >= 0.6 is 0 Å². The average molecular weight is 513 g/mol. The quantitative estimate of drug-likeness (QED) is 0.287. The Morgan fingerprint density at radius 3 is 2.62 bits per heavy atom. The summed E-state index contributed by atoms with van der Waals surface area (Å²) in [5.74, 6) is 6.33. The van der Waals surface area contributed by atoms with E-state index >= 15 is 0 Å². The Bertz CT molecular complexity index is 1180. The van der Waals surface area contributed by atoms with E-state index in [9.17, 15) is 15.0 Å². The Kier molecular flexibility index (Phi) is 7.56. The van der Waals surface area contributed by atoms with Gasteiger partial charge in [0.25, 0.3) is 0 Å². The lowest BCUT2D eigenvalue weighted by Gasteiger charge is -2.21. The molecule has 0 bridgehead atoms. The topological polar surface area (TPSA) is 170 Å². The predicted molar refractivity (Wildman–Crippen MR) is 136 cm³/mol. The number of carboxylic acid groups (broad SMARTS) is 1. The van der Waals surface area contributed by atoms with Crippen LogP contribution in [0.1, 0.15) is 56.6 Å². The molecule has 4 atom stereocenters. The number of fused-ring (bicyclic) bond motifs is 1. The molecule has 4 rings (SSSR count). The first kappa shape index (κ1) is 26.6. The van der Waals surface area contributed by atoms with E-state index in [1.54, 1.807) is 33.0 Å². The molecular formula is C26H36N6O5. The summed E-state index contributed by atoms with van der Waals surface area (Å²) in [7, 11) is 1.64. The van der Waals surface area contributed by atoms with Crippen molar-refractivity contribution in [3.63, 3.8) is 0 Å². The van der Waals surface area contributed by atoms with Crippen molar-refractivity contribution in [1.29, 1.82) is 0 Å². The zero-order valence-corrected chi connectivity index (χ0v) is 21.7. The van der Waals surface area contributed by atoms with Gasteiger partial charge in [-0.2, -0.15) is 4.98 Å². The summed E-state index contributed by atoms with van der Waals surface area (Å²) in [6, 6.07) is 5.30. The Labute approximate surface area is 216 Å². The molecule has 4 unspecified atom stereocenters. The number of pyridine rings is 1. The third-order valence-electron chi connectivity index (χ3n) is 7.33. The minimum Gasteiger partial charge on any atom is -0.489 e. The number of ether oxygens (including phenoxy) is 2. The van der Waals surface area contributed by atoms with Gasteiger partial charge in [0, 0.05) is 13.2 Å². The van der Waals surface area contributed by atoms with Crippen molar-refractivity contribution < 1.29 is 24.5 Å². The maximum atomic E-state index is 11.5. The molecule has 2 aromatic heterocycles. The molecule has 0 saturated heterocycles. The zero-order valence-electron chi connectivity index (χ0n) is 21.7. The molecule has 0 amide bonds. The van der Waals surface area contributed by atoms with Crippen LogP contribution in [0.25, 0.3) is 5.70 Å². The summed E-state index contributed by atoms with van der Waals surface area (Å²) in [6.45, 7) is 5.09. The summed E-state index contributed by atoms with van der Waals surface area (Å²) in [4.78, 5) is 24.5. The van der Waals surface area contributed by atoms with Crippen molar-refractivity contribution in [3.05, 3.63) is 47.2 Å². The lowest BCUT2D eigenvalue weighted by Crippen LogP contribution is -2.31. The van der Waals surface area contributed by atoms with Crippen molar-refractivity contribution in [2.45, 2.75) is 58.2 Å². The smallest absolute Gasteiger partial charge is 0.317 e. The fourth-order valence-corrected chi connectivity index (χ4v) is 5.34. The van der Waals surface area contributed by atoms with E-state index in [1.165, 1.54) is 11.2 Å². The van der Waals surface area contributed by atoms with E-state index in [2.05, 4.69) is 15.0 Å². The van der Waals surface area contributed by atoms with Gasteiger partial charge in [-0.3, -0.25) is 4.79 Å². The Morgan fingerprint density at radius 2 is 1.97 bits per heavy atom. The maximum Gasteiger partial charge on any atom is 0.317 e. The summed E-state index contributed by atoms with van der Waals surface area (Å²) in [5.41, 5.74) is 7.71.